The second-order valence-corrected chi connectivity index (χ2v) is 8.52. The van der Waals surface area contributed by atoms with Gasteiger partial charge in [0.15, 0.2) is 5.78 Å². The first-order chi connectivity index (χ1) is 10.3. The summed E-state index contributed by atoms with van der Waals surface area (Å²) >= 11 is 0. The van der Waals surface area contributed by atoms with Crippen LogP contribution in [-0.2, 0) is 9.59 Å². The minimum atomic E-state index is -0.730. The average molecular weight is 302 g/mol. The zero-order valence-corrected chi connectivity index (χ0v) is 13.7. The van der Waals surface area contributed by atoms with Crippen molar-refractivity contribution in [1.29, 1.82) is 0 Å². The van der Waals surface area contributed by atoms with Gasteiger partial charge in [-0.3, -0.25) is 9.59 Å². The number of carbonyl (C=O) groups is 2. The fourth-order valence-electron chi connectivity index (χ4n) is 6.27. The van der Waals surface area contributed by atoms with Crippen molar-refractivity contribution in [3.63, 3.8) is 0 Å². The number of hydrogen-bond acceptors (Lipinski definition) is 3. The van der Waals surface area contributed by atoms with Gasteiger partial charge in [0.2, 0.25) is 0 Å². The van der Waals surface area contributed by atoms with Crippen molar-refractivity contribution >= 4 is 11.6 Å². The third kappa shape index (κ3) is 1.56. The van der Waals surface area contributed by atoms with Crippen LogP contribution in [-0.4, -0.2) is 22.3 Å². The molecule has 4 aliphatic carbocycles. The largest absolute Gasteiger partial charge is 0.389 e. The third-order valence-corrected chi connectivity index (χ3v) is 7.86. The zero-order chi connectivity index (χ0) is 15.8. The molecular weight excluding hydrogens is 276 g/mol. The fraction of sp³-hybridized carbons (Fsp3) is 0.789. The molecule has 0 aromatic carbocycles. The molecule has 0 heterocycles. The molecule has 120 valence electrons. The van der Waals surface area contributed by atoms with Gasteiger partial charge < -0.3 is 5.11 Å². The molecule has 3 heteroatoms. The number of aliphatic hydroxyl groups is 1. The minimum absolute atomic E-state index is 0.209. The van der Waals surface area contributed by atoms with Crippen molar-refractivity contribution in [2.75, 3.05) is 0 Å². The molecule has 0 spiro atoms. The number of Topliss-reactive ketones (excluding diaryl/α,β-unsaturated/α-hetero) is 1. The molecule has 0 radical (unpaired) electrons. The number of rotatable bonds is 0. The first-order valence-corrected chi connectivity index (χ1v) is 8.81. The molecule has 0 saturated heterocycles. The van der Waals surface area contributed by atoms with E-state index in [1.54, 1.807) is 0 Å². The van der Waals surface area contributed by atoms with Gasteiger partial charge in [0.05, 0.1) is 5.60 Å². The van der Waals surface area contributed by atoms with Crippen LogP contribution in [0.5, 0.6) is 0 Å². The number of carbonyl (C=O) groups excluding carboxylic acids is 2. The van der Waals surface area contributed by atoms with E-state index in [-0.39, 0.29) is 22.5 Å². The van der Waals surface area contributed by atoms with Crippen molar-refractivity contribution in [2.45, 2.75) is 70.8 Å². The van der Waals surface area contributed by atoms with Crippen LogP contribution in [0.1, 0.15) is 65.2 Å². The smallest absolute Gasteiger partial charge is 0.155 e. The molecule has 1 unspecified atom stereocenters. The van der Waals surface area contributed by atoms with Gasteiger partial charge in [-0.15, -0.1) is 0 Å². The Morgan fingerprint density at radius 2 is 1.73 bits per heavy atom. The van der Waals surface area contributed by atoms with Crippen molar-refractivity contribution in [3.8, 4) is 0 Å². The highest BCUT2D eigenvalue weighted by Crippen LogP contribution is 2.66. The molecule has 4 rings (SSSR count). The van der Waals surface area contributed by atoms with Crippen molar-refractivity contribution in [2.24, 2.45) is 22.7 Å². The van der Waals surface area contributed by atoms with E-state index in [1.165, 1.54) is 0 Å². The maximum Gasteiger partial charge on any atom is 0.155 e. The molecular formula is C19H26O3. The molecule has 1 N–H and O–H groups in total. The highest BCUT2D eigenvalue weighted by Gasteiger charge is 2.65. The first kappa shape index (κ1) is 14.6. The minimum Gasteiger partial charge on any atom is -0.389 e. The van der Waals surface area contributed by atoms with E-state index in [1.807, 2.05) is 6.08 Å². The summed E-state index contributed by atoms with van der Waals surface area (Å²) in [5.41, 5.74) is -0.0436. The number of hydrogen-bond donors (Lipinski definition) is 1. The predicted octanol–water partition coefficient (Wildman–Crippen LogP) is 3.20. The first-order valence-electron chi connectivity index (χ1n) is 8.81. The molecule has 0 aromatic rings. The van der Waals surface area contributed by atoms with Crippen LogP contribution in [0.15, 0.2) is 11.6 Å². The maximum absolute atomic E-state index is 12.4. The van der Waals surface area contributed by atoms with Gasteiger partial charge in [0.25, 0.3) is 0 Å². The van der Waals surface area contributed by atoms with E-state index < -0.39 is 5.60 Å². The Hall–Kier alpha value is -0.960. The standard InChI is InChI=1S/C19H26O3/c1-17-9-10-19(22)15(14(17)5-6-16(17)21)4-3-12-11-13(20)7-8-18(12,19)2/h11,14-15,22H,3-10H2,1-2H3/t14-,15-,17-,18-,19?/m1/s1. The molecule has 22 heavy (non-hydrogen) atoms. The molecule has 0 amide bonds. The van der Waals surface area contributed by atoms with Crippen LogP contribution in [0, 0.1) is 22.7 Å². The van der Waals surface area contributed by atoms with Crippen LogP contribution in [0.3, 0.4) is 0 Å². The molecule has 0 aliphatic heterocycles. The second kappa shape index (κ2) is 4.31. The number of ketones is 2. The van der Waals surface area contributed by atoms with Gasteiger partial charge in [-0.05, 0) is 56.4 Å². The lowest BCUT2D eigenvalue weighted by Crippen LogP contribution is -2.63. The zero-order valence-electron chi connectivity index (χ0n) is 13.7. The summed E-state index contributed by atoms with van der Waals surface area (Å²) < 4.78 is 0. The lowest BCUT2D eigenvalue weighted by Gasteiger charge is -2.61. The van der Waals surface area contributed by atoms with Gasteiger partial charge in [-0.1, -0.05) is 19.4 Å². The monoisotopic (exact) mass is 302 g/mol. The summed E-state index contributed by atoms with van der Waals surface area (Å²) in [6, 6.07) is 0. The van der Waals surface area contributed by atoms with Crippen LogP contribution < -0.4 is 0 Å². The van der Waals surface area contributed by atoms with Crippen LogP contribution >= 0.6 is 0 Å². The summed E-state index contributed by atoms with van der Waals surface area (Å²) in [5.74, 6) is 1.17. The molecule has 0 aromatic heterocycles. The van der Waals surface area contributed by atoms with Gasteiger partial charge in [-0.25, -0.2) is 0 Å². The molecule has 4 aliphatic rings. The Kier molecular flexibility index (Phi) is 2.87. The lowest BCUT2D eigenvalue weighted by molar-refractivity contribution is -0.188. The SMILES string of the molecule is C[C@@]12CCC3(O)[C@H](CCC4=CC(=O)CC[C@]43C)[C@H]1CCC2=O. The van der Waals surface area contributed by atoms with Crippen LogP contribution in [0.4, 0.5) is 0 Å². The van der Waals surface area contributed by atoms with Gasteiger partial charge in [-0.2, -0.15) is 0 Å². The third-order valence-electron chi connectivity index (χ3n) is 7.86. The quantitative estimate of drug-likeness (QED) is 0.747. The summed E-state index contributed by atoms with van der Waals surface area (Å²) in [5, 5.41) is 11.7. The van der Waals surface area contributed by atoms with Crippen molar-refractivity contribution in [1.82, 2.24) is 0 Å². The van der Waals surface area contributed by atoms with Gasteiger partial charge in [0, 0.05) is 23.7 Å². The van der Waals surface area contributed by atoms with Gasteiger partial charge >= 0.3 is 0 Å². The number of fused-ring (bicyclic) bond motifs is 5. The predicted molar refractivity (Wildman–Crippen MR) is 83.2 cm³/mol. The molecule has 0 bridgehead atoms. The van der Waals surface area contributed by atoms with E-state index in [0.717, 1.165) is 37.7 Å². The van der Waals surface area contributed by atoms with E-state index >= 15 is 0 Å². The van der Waals surface area contributed by atoms with E-state index in [0.29, 0.717) is 31.0 Å². The van der Waals surface area contributed by atoms with E-state index in [9.17, 15) is 14.7 Å². The normalized spacial score (nSPS) is 51.0. The Morgan fingerprint density at radius 3 is 2.50 bits per heavy atom. The maximum atomic E-state index is 12.4. The Bertz CT molecular complexity index is 591. The Labute approximate surface area is 132 Å². The Balaban J connectivity index is 1.78. The summed E-state index contributed by atoms with van der Waals surface area (Å²) in [4.78, 5) is 24.2. The molecule has 3 saturated carbocycles. The summed E-state index contributed by atoms with van der Waals surface area (Å²) in [6.07, 6.45) is 8.11. The van der Waals surface area contributed by atoms with Crippen molar-refractivity contribution < 1.29 is 14.7 Å². The molecule has 5 atom stereocenters. The van der Waals surface area contributed by atoms with E-state index in [4.69, 9.17) is 0 Å². The molecule has 3 fully saturated rings. The molecule has 3 nitrogen and oxygen atoms in total. The van der Waals surface area contributed by atoms with Gasteiger partial charge in [0.1, 0.15) is 5.78 Å². The van der Waals surface area contributed by atoms with E-state index in [2.05, 4.69) is 13.8 Å². The average Bonchev–Trinajstić information content (AvgIpc) is 2.77. The van der Waals surface area contributed by atoms with Crippen LogP contribution in [0.2, 0.25) is 0 Å². The summed E-state index contributed by atoms with van der Waals surface area (Å²) in [7, 11) is 0. The fourth-order valence-corrected chi connectivity index (χ4v) is 6.27. The van der Waals surface area contributed by atoms with Crippen LogP contribution in [0.25, 0.3) is 0 Å². The highest BCUT2D eigenvalue weighted by molar-refractivity contribution is 5.92. The summed E-state index contributed by atoms with van der Waals surface area (Å²) in [6.45, 7) is 4.29. The second-order valence-electron chi connectivity index (χ2n) is 8.52. The lowest BCUT2D eigenvalue weighted by atomic mass is 9.45. The topological polar surface area (TPSA) is 54.4 Å². The Morgan fingerprint density at radius 1 is 1.00 bits per heavy atom. The highest BCUT2D eigenvalue weighted by atomic mass is 16.3. The van der Waals surface area contributed by atoms with Crippen molar-refractivity contribution in [3.05, 3.63) is 11.6 Å².